The summed E-state index contributed by atoms with van der Waals surface area (Å²) in [6.45, 7) is 6.11. The third kappa shape index (κ3) is 19.3. The van der Waals surface area contributed by atoms with E-state index in [1.54, 1.807) is 0 Å². The molecule has 0 atom stereocenters. The Morgan fingerprint density at radius 3 is 1.17 bits per heavy atom. The molecule has 0 aromatic carbocycles. The second-order valence-electron chi connectivity index (χ2n) is 7.13. The minimum Gasteiger partial charge on any atom is -0.338 e. The Morgan fingerprint density at radius 1 is 0.500 bits per heavy atom. The van der Waals surface area contributed by atoms with Gasteiger partial charge in [0.1, 0.15) is 0 Å². The molecule has 0 heterocycles. The fourth-order valence-corrected chi connectivity index (χ4v) is 2.98. The van der Waals surface area contributed by atoms with E-state index in [9.17, 15) is 4.79 Å². The molecule has 3 heteroatoms. The van der Waals surface area contributed by atoms with E-state index < -0.39 is 0 Å². The van der Waals surface area contributed by atoms with Crippen LogP contribution in [0.1, 0.15) is 117 Å². The molecule has 0 aliphatic rings. The number of hydrogen-bond donors (Lipinski definition) is 2. The van der Waals surface area contributed by atoms with Gasteiger partial charge in [-0.1, -0.05) is 104 Å². The van der Waals surface area contributed by atoms with Crippen LogP contribution in [0.3, 0.4) is 0 Å². The van der Waals surface area contributed by atoms with Gasteiger partial charge in [-0.05, 0) is 12.8 Å². The van der Waals surface area contributed by atoms with Crippen molar-refractivity contribution in [1.82, 2.24) is 10.6 Å². The molecule has 2 amide bonds. The fraction of sp³-hybridized carbons (Fsp3) is 0.952. The van der Waals surface area contributed by atoms with Crippen LogP contribution >= 0.6 is 0 Å². The van der Waals surface area contributed by atoms with Crippen molar-refractivity contribution in [3.8, 4) is 0 Å². The van der Waals surface area contributed by atoms with Gasteiger partial charge in [0, 0.05) is 13.1 Å². The highest BCUT2D eigenvalue weighted by Crippen LogP contribution is 2.11. The second kappa shape index (κ2) is 20.3. The van der Waals surface area contributed by atoms with E-state index in [2.05, 4.69) is 24.5 Å². The summed E-state index contributed by atoms with van der Waals surface area (Å²) in [4.78, 5) is 11.6. The molecule has 0 aromatic rings. The maximum atomic E-state index is 11.6. The van der Waals surface area contributed by atoms with Crippen LogP contribution in [0.5, 0.6) is 0 Å². The Morgan fingerprint density at radius 2 is 0.792 bits per heavy atom. The molecular weight excluding hydrogens is 296 g/mol. The van der Waals surface area contributed by atoms with E-state index in [0.717, 1.165) is 25.9 Å². The first-order chi connectivity index (χ1) is 11.8. The average Bonchev–Trinajstić information content (AvgIpc) is 2.59. The highest BCUT2D eigenvalue weighted by Gasteiger charge is 1.98. The van der Waals surface area contributed by atoms with Crippen molar-refractivity contribution in [3.05, 3.63) is 0 Å². The van der Waals surface area contributed by atoms with E-state index in [1.165, 1.54) is 89.9 Å². The average molecular weight is 341 g/mol. The first kappa shape index (κ1) is 23.3. The third-order valence-corrected chi connectivity index (χ3v) is 4.63. The highest BCUT2D eigenvalue weighted by molar-refractivity contribution is 5.73. The lowest BCUT2D eigenvalue weighted by Gasteiger charge is -2.07. The normalized spacial score (nSPS) is 10.8. The number of carbonyl (C=O) groups excluding carboxylic acids is 1. The largest absolute Gasteiger partial charge is 0.338 e. The monoisotopic (exact) mass is 340 g/mol. The molecule has 0 rings (SSSR count). The summed E-state index contributed by atoms with van der Waals surface area (Å²) in [6, 6.07) is 0.00886. The molecule has 0 saturated heterocycles. The number of nitrogens with one attached hydrogen (secondary N) is 2. The molecule has 2 N–H and O–H groups in total. The minimum absolute atomic E-state index is 0.00886. The maximum Gasteiger partial charge on any atom is 0.314 e. The summed E-state index contributed by atoms with van der Waals surface area (Å²) in [5.74, 6) is 0. The Hall–Kier alpha value is -0.730. The SMILES string of the molecule is CCCCCCCCCCCCCCNC(=O)NCCCCCC. The van der Waals surface area contributed by atoms with Crippen LogP contribution in [-0.2, 0) is 0 Å². The molecule has 0 spiro atoms. The molecular formula is C21H44N2O. The van der Waals surface area contributed by atoms with Gasteiger partial charge in [-0.15, -0.1) is 0 Å². The zero-order chi connectivity index (χ0) is 17.7. The maximum absolute atomic E-state index is 11.6. The molecule has 0 aromatic heterocycles. The van der Waals surface area contributed by atoms with Crippen molar-refractivity contribution in [1.29, 1.82) is 0 Å². The molecule has 24 heavy (non-hydrogen) atoms. The topological polar surface area (TPSA) is 41.1 Å². The summed E-state index contributed by atoms with van der Waals surface area (Å²) in [5.41, 5.74) is 0. The van der Waals surface area contributed by atoms with Gasteiger partial charge in [0.05, 0.1) is 0 Å². The van der Waals surface area contributed by atoms with Crippen LogP contribution in [0.25, 0.3) is 0 Å². The number of amides is 2. The summed E-state index contributed by atoms with van der Waals surface area (Å²) in [6.07, 6.45) is 21.1. The van der Waals surface area contributed by atoms with Crippen LogP contribution in [0.15, 0.2) is 0 Å². The van der Waals surface area contributed by atoms with E-state index >= 15 is 0 Å². The van der Waals surface area contributed by atoms with E-state index in [1.807, 2.05) is 0 Å². The Bertz CT molecular complexity index is 256. The number of urea groups is 1. The van der Waals surface area contributed by atoms with Crippen LogP contribution in [0.2, 0.25) is 0 Å². The lowest BCUT2D eigenvalue weighted by atomic mass is 10.1. The second-order valence-corrected chi connectivity index (χ2v) is 7.13. The standard InChI is InChI=1S/C21H44N2O/c1-3-5-7-9-10-11-12-13-14-15-16-18-20-23-21(24)22-19-17-8-6-4-2/h3-20H2,1-2H3,(H2,22,23,24). The van der Waals surface area contributed by atoms with Gasteiger partial charge in [-0.2, -0.15) is 0 Å². The predicted molar refractivity (Wildman–Crippen MR) is 107 cm³/mol. The molecule has 3 nitrogen and oxygen atoms in total. The first-order valence-corrected chi connectivity index (χ1v) is 10.8. The molecule has 0 aliphatic carbocycles. The van der Waals surface area contributed by atoms with Gasteiger partial charge < -0.3 is 10.6 Å². The highest BCUT2D eigenvalue weighted by atomic mass is 16.2. The van der Waals surface area contributed by atoms with Crippen molar-refractivity contribution in [3.63, 3.8) is 0 Å². The van der Waals surface area contributed by atoms with E-state index in [4.69, 9.17) is 0 Å². The summed E-state index contributed by atoms with van der Waals surface area (Å²) >= 11 is 0. The number of hydrogen-bond acceptors (Lipinski definition) is 1. The molecule has 0 saturated carbocycles. The third-order valence-electron chi connectivity index (χ3n) is 4.63. The van der Waals surface area contributed by atoms with Gasteiger partial charge in [-0.25, -0.2) is 4.79 Å². The van der Waals surface area contributed by atoms with Gasteiger partial charge in [-0.3, -0.25) is 0 Å². The molecule has 0 bridgehead atoms. The number of rotatable bonds is 18. The van der Waals surface area contributed by atoms with Crippen molar-refractivity contribution in [2.45, 2.75) is 117 Å². The Labute approximate surface area is 151 Å². The molecule has 0 aliphatic heterocycles. The fourth-order valence-electron chi connectivity index (χ4n) is 2.98. The Kier molecular flexibility index (Phi) is 19.7. The zero-order valence-electron chi connectivity index (χ0n) is 16.6. The van der Waals surface area contributed by atoms with E-state index in [0.29, 0.717) is 0 Å². The van der Waals surface area contributed by atoms with Crippen molar-refractivity contribution in [2.75, 3.05) is 13.1 Å². The molecule has 0 fully saturated rings. The summed E-state index contributed by atoms with van der Waals surface area (Å²) in [7, 11) is 0. The van der Waals surface area contributed by atoms with Gasteiger partial charge >= 0.3 is 6.03 Å². The smallest absolute Gasteiger partial charge is 0.314 e. The molecule has 0 unspecified atom stereocenters. The van der Waals surface area contributed by atoms with Gasteiger partial charge in [0.2, 0.25) is 0 Å². The summed E-state index contributed by atoms with van der Waals surface area (Å²) < 4.78 is 0. The van der Waals surface area contributed by atoms with Crippen LogP contribution < -0.4 is 10.6 Å². The van der Waals surface area contributed by atoms with Crippen LogP contribution in [-0.4, -0.2) is 19.1 Å². The van der Waals surface area contributed by atoms with Crippen LogP contribution in [0.4, 0.5) is 4.79 Å². The van der Waals surface area contributed by atoms with Crippen molar-refractivity contribution < 1.29 is 4.79 Å². The van der Waals surface area contributed by atoms with Crippen LogP contribution in [0, 0.1) is 0 Å². The lowest BCUT2D eigenvalue weighted by Crippen LogP contribution is -2.36. The van der Waals surface area contributed by atoms with Gasteiger partial charge in [0.15, 0.2) is 0 Å². The van der Waals surface area contributed by atoms with Gasteiger partial charge in [0.25, 0.3) is 0 Å². The first-order valence-electron chi connectivity index (χ1n) is 10.8. The minimum atomic E-state index is 0.00886. The van der Waals surface area contributed by atoms with E-state index in [-0.39, 0.29) is 6.03 Å². The quantitative estimate of drug-likeness (QED) is 0.272. The number of carbonyl (C=O) groups is 1. The van der Waals surface area contributed by atoms with Crippen molar-refractivity contribution in [2.24, 2.45) is 0 Å². The molecule has 0 radical (unpaired) electrons. The number of unbranched alkanes of at least 4 members (excludes halogenated alkanes) is 14. The molecule has 144 valence electrons. The predicted octanol–water partition coefficient (Wildman–Crippen LogP) is 6.57. The van der Waals surface area contributed by atoms with Crippen molar-refractivity contribution >= 4 is 6.03 Å². The summed E-state index contributed by atoms with van der Waals surface area (Å²) in [5, 5.41) is 5.89. The lowest BCUT2D eigenvalue weighted by molar-refractivity contribution is 0.240. The Balaban J connectivity index is 3.10. The zero-order valence-corrected chi connectivity index (χ0v) is 16.6.